The van der Waals surface area contributed by atoms with Crippen LogP contribution in [0.5, 0.6) is 5.75 Å². The molecule has 0 aromatic carbocycles. The van der Waals surface area contributed by atoms with Gasteiger partial charge in [-0.05, 0) is 73.1 Å². The molecule has 1 aromatic heterocycles. The van der Waals surface area contributed by atoms with Gasteiger partial charge in [-0.2, -0.15) is 0 Å². The molecule has 0 spiro atoms. The van der Waals surface area contributed by atoms with Gasteiger partial charge in [-0.25, -0.2) is 0 Å². The Labute approximate surface area is 124 Å². The topological polar surface area (TPSA) is 26.3 Å². The minimum Gasteiger partial charge on any atom is -0.495 e. The Balaban J connectivity index is 1.55. The van der Waals surface area contributed by atoms with Crippen LogP contribution in [0.1, 0.15) is 54.6 Å². The molecule has 0 amide bonds. The molecular weight excluding hydrogens is 268 g/mol. The highest BCUT2D eigenvalue weighted by Gasteiger charge is 2.51. The van der Waals surface area contributed by atoms with Gasteiger partial charge in [0.15, 0.2) is 5.78 Å². The van der Waals surface area contributed by atoms with Crippen molar-refractivity contribution in [3.05, 3.63) is 16.3 Å². The predicted molar refractivity (Wildman–Crippen MR) is 80.4 cm³/mol. The lowest BCUT2D eigenvalue weighted by Gasteiger charge is -2.56. The van der Waals surface area contributed by atoms with Crippen LogP contribution in [0.3, 0.4) is 0 Å². The van der Waals surface area contributed by atoms with E-state index in [2.05, 4.69) is 0 Å². The molecule has 4 fully saturated rings. The first-order chi connectivity index (χ1) is 9.67. The van der Waals surface area contributed by atoms with Crippen LogP contribution in [0.2, 0.25) is 0 Å². The lowest BCUT2D eigenvalue weighted by Crippen LogP contribution is -2.46. The number of rotatable bonds is 4. The van der Waals surface area contributed by atoms with Crippen molar-refractivity contribution >= 4 is 17.1 Å². The number of ketones is 1. The Hall–Kier alpha value is -0.830. The summed E-state index contributed by atoms with van der Waals surface area (Å²) in [6.07, 6.45) is 8.99. The summed E-state index contributed by atoms with van der Waals surface area (Å²) >= 11 is 1.54. The third-order valence-corrected chi connectivity index (χ3v) is 6.74. The molecule has 108 valence electrons. The Morgan fingerprint density at radius 3 is 2.40 bits per heavy atom. The van der Waals surface area contributed by atoms with Gasteiger partial charge < -0.3 is 4.74 Å². The molecule has 2 nitrogen and oxygen atoms in total. The number of methoxy groups -OCH3 is 1. The fourth-order valence-electron chi connectivity index (χ4n) is 5.59. The van der Waals surface area contributed by atoms with Crippen LogP contribution in [-0.4, -0.2) is 12.9 Å². The normalized spacial score (nSPS) is 38.1. The van der Waals surface area contributed by atoms with E-state index in [0.717, 1.165) is 34.8 Å². The summed E-state index contributed by atoms with van der Waals surface area (Å²) in [6.45, 7) is 0. The molecule has 0 N–H and O–H groups in total. The fraction of sp³-hybridized carbons (Fsp3) is 0.706. The predicted octanol–water partition coefficient (Wildman–Crippen LogP) is 4.55. The molecule has 3 heteroatoms. The van der Waals surface area contributed by atoms with Crippen molar-refractivity contribution in [2.45, 2.75) is 44.9 Å². The first-order valence-electron chi connectivity index (χ1n) is 7.82. The molecule has 0 radical (unpaired) electrons. The number of hydrogen-bond donors (Lipinski definition) is 0. The quantitative estimate of drug-likeness (QED) is 0.761. The second kappa shape index (κ2) is 4.59. The summed E-state index contributed by atoms with van der Waals surface area (Å²) in [5, 5.41) is 1.96. The average Bonchev–Trinajstić information content (AvgIpc) is 2.84. The smallest absolute Gasteiger partial charge is 0.177 e. The zero-order valence-corrected chi connectivity index (χ0v) is 12.9. The van der Waals surface area contributed by atoms with Crippen molar-refractivity contribution in [1.29, 1.82) is 0 Å². The molecule has 4 bridgehead atoms. The van der Waals surface area contributed by atoms with Crippen molar-refractivity contribution in [2.24, 2.45) is 23.2 Å². The van der Waals surface area contributed by atoms with Crippen LogP contribution in [0.15, 0.2) is 11.4 Å². The minimum atomic E-state index is 0.318. The molecule has 0 unspecified atom stereocenters. The van der Waals surface area contributed by atoms with E-state index in [4.69, 9.17) is 4.74 Å². The minimum absolute atomic E-state index is 0.318. The van der Waals surface area contributed by atoms with Gasteiger partial charge >= 0.3 is 0 Å². The standard InChI is InChI=1S/C17H22O2S/c1-19-15-2-3-20-16(15)14(18)10-17-7-11-4-12(8-17)6-13(5-11)9-17/h2-3,11-13H,4-10H2,1H3. The molecule has 1 heterocycles. The van der Waals surface area contributed by atoms with Crippen LogP contribution in [0.25, 0.3) is 0 Å². The monoisotopic (exact) mass is 290 g/mol. The maximum Gasteiger partial charge on any atom is 0.177 e. The van der Waals surface area contributed by atoms with E-state index in [1.54, 1.807) is 7.11 Å². The van der Waals surface area contributed by atoms with Crippen molar-refractivity contribution < 1.29 is 9.53 Å². The van der Waals surface area contributed by atoms with Crippen molar-refractivity contribution in [3.63, 3.8) is 0 Å². The van der Waals surface area contributed by atoms with Gasteiger partial charge in [0, 0.05) is 6.42 Å². The largest absolute Gasteiger partial charge is 0.495 e. The van der Waals surface area contributed by atoms with E-state index in [0.29, 0.717) is 11.2 Å². The van der Waals surface area contributed by atoms with Gasteiger partial charge in [0.25, 0.3) is 0 Å². The lowest BCUT2D eigenvalue weighted by molar-refractivity contribution is -0.0523. The van der Waals surface area contributed by atoms with E-state index in [1.165, 1.54) is 49.9 Å². The lowest BCUT2D eigenvalue weighted by atomic mass is 9.48. The first-order valence-corrected chi connectivity index (χ1v) is 8.70. The molecule has 4 aliphatic carbocycles. The van der Waals surface area contributed by atoms with Crippen LogP contribution < -0.4 is 4.74 Å². The zero-order chi connectivity index (χ0) is 13.7. The summed E-state index contributed by atoms with van der Waals surface area (Å²) in [5.74, 6) is 3.83. The molecule has 4 aliphatic rings. The summed E-state index contributed by atoms with van der Waals surface area (Å²) in [5.41, 5.74) is 0.334. The maximum atomic E-state index is 12.7. The summed E-state index contributed by atoms with van der Waals surface area (Å²) in [7, 11) is 1.66. The molecule has 1 aromatic rings. The van der Waals surface area contributed by atoms with Gasteiger partial charge in [-0.15, -0.1) is 11.3 Å². The first kappa shape index (κ1) is 12.9. The highest BCUT2D eigenvalue weighted by molar-refractivity contribution is 7.12. The third kappa shape index (κ3) is 2.02. The van der Waals surface area contributed by atoms with Crippen LogP contribution in [-0.2, 0) is 0 Å². The number of thiophene rings is 1. The number of hydrogen-bond acceptors (Lipinski definition) is 3. The Bertz CT molecular complexity index is 496. The van der Waals surface area contributed by atoms with Gasteiger partial charge in [0.05, 0.1) is 7.11 Å². The van der Waals surface area contributed by atoms with Crippen LogP contribution in [0.4, 0.5) is 0 Å². The van der Waals surface area contributed by atoms with Crippen LogP contribution >= 0.6 is 11.3 Å². The second-order valence-corrected chi connectivity index (χ2v) is 8.25. The molecule has 0 atom stereocenters. The molecule has 5 rings (SSSR count). The summed E-state index contributed by atoms with van der Waals surface area (Å²) < 4.78 is 5.32. The van der Waals surface area contributed by atoms with E-state index >= 15 is 0 Å². The second-order valence-electron chi connectivity index (χ2n) is 7.34. The molecule has 4 saturated carbocycles. The molecular formula is C17H22O2S. The zero-order valence-electron chi connectivity index (χ0n) is 12.1. The van der Waals surface area contributed by atoms with Crippen LogP contribution in [0, 0.1) is 23.2 Å². The molecule has 0 aliphatic heterocycles. The van der Waals surface area contributed by atoms with Crippen molar-refractivity contribution in [1.82, 2.24) is 0 Å². The van der Waals surface area contributed by atoms with Gasteiger partial charge in [-0.3, -0.25) is 4.79 Å². The molecule has 20 heavy (non-hydrogen) atoms. The molecule has 0 saturated heterocycles. The van der Waals surface area contributed by atoms with Gasteiger partial charge in [0.1, 0.15) is 10.6 Å². The fourth-order valence-corrected chi connectivity index (χ4v) is 6.39. The Morgan fingerprint density at radius 2 is 1.85 bits per heavy atom. The average molecular weight is 290 g/mol. The van der Waals surface area contributed by atoms with Gasteiger partial charge in [-0.1, -0.05) is 0 Å². The number of carbonyl (C=O) groups excluding carboxylic acids is 1. The van der Waals surface area contributed by atoms with E-state index in [1.807, 2.05) is 11.4 Å². The van der Waals surface area contributed by atoms with E-state index in [9.17, 15) is 4.79 Å². The Morgan fingerprint density at radius 1 is 1.25 bits per heavy atom. The number of carbonyl (C=O) groups is 1. The SMILES string of the molecule is COc1ccsc1C(=O)CC12CC3CC(CC(C3)C1)C2. The number of ether oxygens (including phenoxy) is 1. The van der Waals surface area contributed by atoms with E-state index in [-0.39, 0.29) is 0 Å². The van der Waals surface area contributed by atoms with Gasteiger partial charge in [0.2, 0.25) is 0 Å². The summed E-state index contributed by atoms with van der Waals surface area (Å²) in [6, 6.07) is 1.91. The van der Waals surface area contributed by atoms with Crippen molar-refractivity contribution in [2.75, 3.05) is 7.11 Å². The summed E-state index contributed by atoms with van der Waals surface area (Å²) in [4.78, 5) is 13.5. The highest BCUT2D eigenvalue weighted by atomic mass is 32.1. The maximum absolute atomic E-state index is 12.7. The number of Topliss-reactive ketones (excluding diaryl/α,β-unsaturated/α-hetero) is 1. The Kier molecular flexibility index (Phi) is 2.95. The van der Waals surface area contributed by atoms with Crippen molar-refractivity contribution in [3.8, 4) is 5.75 Å². The highest BCUT2D eigenvalue weighted by Crippen LogP contribution is 2.61. The van der Waals surface area contributed by atoms with E-state index < -0.39 is 0 Å². The third-order valence-electron chi connectivity index (χ3n) is 5.80.